The molecule has 0 aromatic carbocycles. The van der Waals surface area contributed by atoms with Gasteiger partial charge in [0.1, 0.15) is 5.71 Å². The number of allylic oxidation sites excluding steroid dienone is 2. The molecule has 0 heterocycles. The van der Waals surface area contributed by atoms with E-state index in [1.807, 2.05) is 0 Å². The standard InChI is InChI=1S/C8H8F4N2/c9-7(10)5(13)4-2-1-3(2)8(11,12)6(4)14/h2-3,7,14H,1,13H2. The van der Waals surface area contributed by atoms with Gasteiger partial charge in [-0.15, -0.1) is 0 Å². The van der Waals surface area contributed by atoms with E-state index in [0.29, 0.717) is 0 Å². The molecule has 3 N–H and O–H groups in total. The number of rotatable bonds is 1. The third-order valence-electron chi connectivity index (χ3n) is 2.78. The van der Waals surface area contributed by atoms with Crippen LogP contribution in [0, 0.1) is 17.2 Å². The van der Waals surface area contributed by atoms with Crippen molar-refractivity contribution in [2.24, 2.45) is 17.6 Å². The molecule has 2 rings (SSSR count). The SMILES string of the molecule is N=C1C(=C(N)C(F)F)C2CC2C1(F)F. The molecule has 0 bridgehead atoms. The van der Waals surface area contributed by atoms with Crippen LogP contribution in [0.1, 0.15) is 6.42 Å². The van der Waals surface area contributed by atoms with Crippen LogP contribution in [-0.4, -0.2) is 18.1 Å². The van der Waals surface area contributed by atoms with Crippen molar-refractivity contribution in [2.45, 2.75) is 18.8 Å². The predicted octanol–water partition coefficient (Wildman–Crippen LogP) is 1.77. The molecular formula is C8H8F4N2. The van der Waals surface area contributed by atoms with Gasteiger partial charge in [0.2, 0.25) is 0 Å². The summed E-state index contributed by atoms with van der Waals surface area (Å²) < 4.78 is 50.5. The van der Waals surface area contributed by atoms with Crippen molar-refractivity contribution in [3.8, 4) is 0 Å². The molecule has 2 saturated carbocycles. The van der Waals surface area contributed by atoms with Gasteiger partial charge in [0.25, 0.3) is 12.3 Å². The van der Waals surface area contributed by atoms with Crippen molar-refractivity contribution in [1.29, 1.82) is 5.41 Å². The van der Waals surface area contributed by atoms with Gasteiger partial charge >= 0.3 is 0 Å². The molecule has 2 nitrogen and oxygen atoms in total. The molecule has 0 saturated heterocycles. The first-order chi connectivity index (χ1) is 6.37. The summed E-state index contributed by atoms with van der Waals surface area (Å²) in [4.78, 5) is 0. The fraction of sp³-hybridized carbons (Fsp3) is 0.625. The second-order valence-corrected chi connectivity index (χ2v) is 3.62. The van der Waals surface area contributed by atoms with Gasteiger partial charge in [0, 0.05) is 11.5 Å². The molecule has 2 unspecified atom stereocenters. The lowest BCUT2D eigenvalue weighted by atomic mass is 10.1. The maximum Gasteiger partial charge on any atom is 0.292 e. The largest absolute Gasteiger partial charge is 0.397 e. The zero-order valence-corrected chi connectivity index (χ0v) is 7.03. The third kappa shape index (κ3) is 0.994. The Hall–Kier alpha value is -1.07. The Kier molecular flexibility index (Phi) is 1.69. The maximum absolute atomic E-state index is 13.1. The molecule has 2 fully saturated rings. The van der Waals surface area contributed by atoms with Crippen molar-refractivity contribution >= 4 is 5.71 Å². The lowest BCUT2D eigenvalue weighted by molar-refractivity contribution is 0.0572. The number of hydrogen-bond donors (Lipinski definition) is 2. The van der Waals surface area contributed by atoms with Crippen LogP contribution in [0.2, 0.25) is 0 Å². The molecule has 14 heavy (non-hydrogen) atoms. The summed E-state index contributed by atoms with van der Waals surface area (Å²) in [7, 11) is 0. The van der Waals surface area contributed by atoms with E-state index in [2.05, 4.69) is 0 Å². The minimum absolute atomic E-state index is 0.165. The first kappa shape index (κ1) is 9.48. The zero-order chi connectivity index (χ0) is 10.7. The number of fused-ring (bicyclic) bond motifs is 1. The normalized spacial score (nSPS) is 37.4. The monoisotopic (exact) mass is 208 g/mol. The van der Waals surface area contributed by atoms with Gasteiger partial charge < -0.3 is 5.73 Å². The summed E-state index contributed by atoms with van der Waals surface area (Å²) in [6.45, 7) is 0. The molecule has 0 aromatic heterocycles. The van der Waals surface area contributed by atoms with Gasteiger partial charge in [-0.1, -0.05) is 0 Å². The minimum atomic E-state index is -3.26. The third-order valence-corrected chi connectivity index (χ3v) is 2.78. The Labute approximate surface area is 77.3 Å². The molecule has 0 aliphatic heterocycles. The summed E-state index contributed by atoms with van der Waals surface area (Å²) in [5, 5.41) is 7.07. The van der Waals surface area contributed by atoms with Crippen LogP contribution in [0.5, 0.6) is 0 Å². The lowest BCUT2D eigenvalue weighted by Gasteiger charge is -2.13. The van der Waals surface area contributed by atoms with Crippen LogP contribution in [0.25, 0.3) is 0 Å². The van der Waals surface area contributed by atoms with Gasteiger partial charge in [0.05, 0.1) is 5.70 Å². The summed E-state index contributed by atoms with van der Waals surface area (Å²) >= 11 is 0. The Morgan fingerprint density at radius 2 is 2.07 bits per heavy atom. The highest BCUT2D eigenvalue weighted by Gasteiger charge is 2.67. The van der Waals surface area contributed by atoms with Crippen molar-refractivity contribution in [2.75, 3.05) is 0 Å². The number of alkyl halides is 4. The van der Waals surface area contributed by atoms with Crippen molar-refractivity contribution < 1.29 is 17.6 Å². The van der Waals surface area contributed by atoms with Gasteiger partial charge in [-0.05, 0) is 12.3 Å². The minimum Gasteiger partial charge on any atom is -0.397 e. The van der Waals surface area contributed by atoms with Crippen LogP contribution in [0.15, 0.2) is 11.3 Å². The average Bonchev–Trinajstić information content (AvgIpc) is 2.80. The van der Waals surface area contributed by atoms with Crippen LogP contribution in [0.3, 0.4) is 0 Å². The summed E-state index contributed by atoms with van der Waals surface area (Å²) in [5.74, 6) is -4.85. The lowest BCUT2D eigenvalue weighted by Crippen LogP contribution is -2.28. The van der Waals surface area contributed by atoms with Crippen molar-refractivity contribution in [3.63, 3.8) is 0 Å². The van der Waals surface area contributed by atoms with Crippen LogP contribution in [0.4, 0.5) is 17.6 Å². The Morgan fingerprint density at radius 1 is 1.50 bits per heavy atom. The maximum atomic E-state index is 13.1. The molecular weight excluding hydrogens is 200 g/mol. The van der Waals surface area contributed by atoms with Crippen molar-refractivity contribution in [3.05, 3.63) is 11.3 Å². The summed E-state index contributed by atoms with van der Waals surface area (Å²) in [6.07, 6.45) is -2.79. The molecule has 2 aliphatic rings. The molecule has 0 spiro atoms. The number of nitrogens with one attached hydrogen (secondary N) is 1. The second kappa shape index (κ2) is 2.49. The fourth-order valence-corrected chi connectivity index (χ4v) is 1.94. The van der Waals surface area contributed by atoms with Gasteiger partial charge in [-0.25, -0.2) is 8.78 Å². The average molecular weight is 208 g/mol. The van der Waals surface area contributed by atoms with Crippen LogP contribution < -0.4 is 5.73 Å². The Morgan fingerprint density at radius 3 is 2.43 bits per heavy atom. The predicted molar refractivity (Wildman–Crippen MR) is 41.5 cm³/mol. The van der Waals surface area contributed by atoms with Crippen LogP contribution in [-0.2, 0) is 0 Å². The highest BCUT2D eigenvalue weighted by Crippen LogP contribution is 2.61. The second-order valence-electron chi connectivity index (χ2n) is 3.62. The molecule has 6 heteroatoms. The highest BCUT2D eigenvalue weighted by atomic mass is 19.3. The van der Waals surface area contributed by atoms with Gasteiger partial charge in [-0.2, -0.15) is 8.78 Å². The van der Waals surface area contributed by atoms with Gasteiger partial charge in [0.15, 0.2) is 0 Å². The molecule has 2 aliphatic carbocycles. The fourth-order valence-electron chi connectivity index (χ4n) is 1.94. The van der Waals surface area contributed by atoms with E-state index in [4.69, 9.17) is 11.1 Å². The molecule has 0 aromatic rings. The number of nitrogens with two attached hydrogens (primary N) is 1. The van der Waals surface area contributed by atoms with E-state index in [9.17, 15) is 17.6 Å². The zero-order valence-electron chi connectivity index (χ0n) is 7.03. The Bertz CT molecular complexity index is 334. The van der Waals surface area contributed by atoms with Crippen molar-refractivity contribution in [1.82, 2.24) is 0 Å². The number of hydrogen-bond acceptors (Lipinski definition) is 2. The quantitative estimate of drug-likeness (QED) is 0.634. The molecule has 0 amide bonds. The highest BCUT2D eigenvalue weighted by molar-refractivity contribution is 6.08. The molecule has 78 valence electrons. The van der Waals surface area contributed by atoms with Crippen LogP contribution >= 0.6 is 0 Å². The topological polar surface area (TPSA) is 49.9 Å². The number of halogens is 4. The van der Waals surface area contributed by atoms with E-state index in [1.54, 1.807) is 0 Å². The smallest absolute Gasteiger partial charge is 0.292 e. The van der Waals surface area contributed by atoms with E-state index in [0.717, 1.165) is 0 Å². The summed E-state index contributed by atoms with van der Waals surface area (Å²) in [5.41, 5.74) is 2.80. The molecule has 2 atom stereocenters. The molecule has 0 radical (unpaired) electrons. The first-order valence-electron chi connectivity index (χ1n) is 4.12. The van der Waals surface area contributed by atoms with E-state index in [-0.39, 0.29) is 12.0 Å². The summed E-state index contributed by atoms with van der Waals surface area (Å²) in [6, 6.07) is 0. The Balaban J connectivity index is 2.41. The first-order valence-corrected chi connectivity index (χ1v) is 4.12. The van der Waals surface area contributed by atoms with E-state index >= 15 is 0 Å². The van der Waals surface area contributed by atoms with E-state index < -0.39 is 35.6 Å². The van der Waals surface area contributed by atoms with E-state index in [1.165, 1.54) is 0 Å². The van der Waals surface area contributed by atoms with Gasteiger partial charge in [-0.3, -0.25) is 5.41 Å².